The van der Waals surface area contributed by atoms with Crippen molar-refractivity contribution in [1.29, 1.82) is 0 Å². The molecule has 1 aromatic rings. The Morgan fingerprint density at radius 2 is 2.16 bits per heavy atom. The van der Waals surface area contributed by atoms with E-state index in [1.165, 1.54) is 22.7 Å². The molecule has 0 saturated carbocycles. The summed E-state index contributed by atoms with van der Waals surface area (Å²) in [4.78, 5) is 4.16. The van der Waals surface area contributed by atoms with Gasteiger partial charge in [-0.15, -0.1) is 0 Å². The van der Waals surface area contributed by atoms with Crippen molar-refractivity contribution < 1.29 is 13.2 Å². The minimum absolute atomic E-state index is 0.134. The highest BCUT2D eigenvalue weighted by Crippen LogP contribution is 2.19. The molecule has 7 heteroatoms. The molecule has 6 nitrogen and oxygen atoms in total. The van der Waals surface area contributed by atoms with Gasteiger partial charge in [0.05, 0.1) is 6.54 Å². The lowest BCUT2D eigenvalue weighted by atomic mass is 10.3. The van der Waals surface area contributed by atoms with Crippen molar-refractivity contribution in [3.63, 3.8) is 0 Å². The van der Waals surface area contributed by atoms with Crippen LogP contribution in [-0.4, -0.2) is 55.3 Å². The molecule has 0 radical (unpaired) electrons. The predicted octanol–water partition coefficient (Wildman–Crippen LogP) is 0.650. The van der Waals surface area contributed by atoms with Gasteiger partial charge in [0.25, 0.3) is 10.2 Å². The molecule has 2 heterocycles. The Hall–Kier alpha value is -1.18. The van der Waals surface area contributed by atoms with Gasteiger partial charge in [0.15, 0.2) is 0 Å². The van der Waals surface area contributed by atoms with E-state index in [4.69, 9.17) is 4.74 Å². The van der Waals surface area contributed by atoms with E-state index in [9.17, 15) is 8.42 Å². The maximum Gasteiger partial charge on any atom is 0.281 e. The Labute approximate surface area is 114 Å². The van der Waals surface area contributed by atoms with Crippen LogP contribution in [0.1, 0.15) is 12.0 Å². The Bertz CT molecular complexity index is 528. The smallest absolute Gasteiger partial charge is 0.281 e. The summed E-state index contributed by atoms with van der Waals surface area (Å²) in [6.45, 7) is 2.81. The van der Waals surface area contributed by atoms with E-state index in [-0.39, 0.29) is 6.10 Å². The minimum Gasteiger partial charge on any atom is -0.473 e. The largest absolute Gasteiger partial charge is 0.473 e. The van der Waals surface area contributed by atoms with Gasteiger partial charge in [-0.3, -0.25) is 0 Å². The Balaban J connectivity index is 1.98. The number of aromatic nitrogens is 1. The second-order valence-corrected chi connectivity index (χ2v) is 6.99. The maximum absolute atomic E-state index is 12.0. The molecular weight excluding hydrogens is 266 g/mol. The summed E-state index contributed by atoms with van der Waals surface area (Å²) >= 11 is 0. The number of aryl methyl sites for hydroxylation is 1. The molecule has 0 amide bonds. The number of rotatable bonds is 4. The van der Waals surface area contributed by atoms with Crippen molar-refractivity contribution >= 4 is 10.2 Å². The topological polar surface area (TPSA) is 62.7 Å². The van der Waals surface area contributed by atoms with Gasteiger partial charge in [0, 0.05) is 32.9 Å². The second kappa shape index (κ2) is 5.44. The van der Waals surface area contributed by atoms with Crippen molar-refractivity contribution in [3.05, 3.63) is 23.9 Å². The Morgan fingerprint density at radius 3 is 2.74 bits per heavy atom. The highest BCUT2D eigenvalue weighted by molar-refractivity contribution is 7.86. The Morgan fingerprint density at radius 1 is 1.42 bits per heavy atom. The van der Waals surface area contributed by atoms with Crippen molar-refractivity contribution in [2.45, 2.75) is 19.4 Å². The van der Waals surface area contributed by atoms with E-state index in [2.05, 4.69) is 4.98 Å². The molecule has 0 aliphatic carbocycles. The van der Waals surface area contributed by atoms with Crippen molar-refractivity contribution in [1.82, 2.24) is 13.6 Å². The van der Waals surface area contributed by atoms with Gasteiger partial charge < -0.3 is 4.74 Å². The first-order valence-electron chi connectivity index (χ1n) is 6.16. The fourth-order valence-corrected chi connectivity index (χ4v) is 3.08. The predicted molar refractivity (Wildman–Crippen MR) is 72.2 cm³/mol. The molecule has 0 bridgehead atoms. The molecule has 1 fully saturated rings. The normalized spacial score (nSPS) is 20.9. The highest BCUT2D eigenvalue weighted by Gasteiger charge is 2.33. The summed E-state index contributed by atoms with van der Waals surface area (Å²) in [5.74, 6) is 0.541. The fourth-order valence-electron chi connectivity index (χ4n) is 1.93. The van der Waals surface area contributed by atoms with Crippen LogP contribution in [0, 0.1) is 6.92 Å². The van der Waals surface area contributed by atoms with Crippen LogP contribution in [-0.2, 0) is 10.2 Å². The number of nitrogens with zero attached hydrogens (tertiary/aromatic N) is 3. The van der Waals surface area contributed by atoms with Gasteiger partial charge in [-0.25, -0.2) is 4.98 Å². The number of hydrogen-bond acceptors (Lipinski definition) is 4. The number of ether oxygens (including phenoxy) is 1. The van der Waals surface area contributed by atoms with Crippen LogP contribution >= 0.6 is 0 Å². The third-order valence-corrected chi connectivity index (χ3v) is 4.97. The standard InChI is InChI=1S/C12H19N3O3S/c1-10-4-5-12(13-8-10)18-11-6-7-15(9-11)19(16,17)14(2)3/h4-5,8,11H,6-7,9H2,1-3H3. The Kier molecular flexibility index (Phi) is 4.07. The lowest BCUT2D eigenvalue weighted by molar-refractivity contribution is 0.206. The van der Waals surface area contributed by atoms with Gasteiger partial charge in [0.2, 0.25) is 5.88 Å². The van der Waals surface area contributed by atoms with Crippen LogP contribution in [0.25, 0.3) is 0 Å². The summed E-state index contributed by atoms with van der Waals surface area (Å²) in [5.41, 5.74) is 1.07. The van der Waals surface area contributed by atoms with E-state index >= 15 is 0 Å². The molecule has 1 aliphatic heterocycles. The monoisotopic (exact) mass is 285 g/mol. The number of pyridine rings is 1. The first-order valence-corrected chi connectivity index (χ1v) is 7.56. The van der Waals surface area contributed by atoms with Gasteiger partial charge in [-0.2, -0.15) is 17.0 Å². The summed E-state index contributed by atoms with van der Waals surface area (Å²) in [7, 11) is -0.277. The summed E-state index contributed by atoms with van der Waals surface area (Å²) in [6.07, 6.45) is 2.28. The zero-order chi connectivity index (χ0) is 14.0. The van der Waals surface area contributed by atoms with Gasteiger partial charge in [-0.05, 0) is 18.9 Å². The molecule has 1 aliphatic rings. The van der Waals surface area contributed by atoms with Crippen LogP contribution < -0.4 is 4.74 Å². The first kappa shape index (κ1) is 14.2. The lowest BCUT2D eigenvalue weighted by Crippen LogP contribution is -2.39. The van der Waals surface area contributed by atoms with E-state index in [1.807, 2.05) is 13.0 Å². The molecule has 0 aromatic carbocycles. The molecule has 19 heavy (non-hydrogen) atoms. The average molecular weight is 285 g/mol. The van der Waals surface area contributed by atoms with E-state index < -0.39 is 10.2 Å². The van der Waals surface area contributed by atoms with Crippen molar-refractivity contribution in [2.24, 2.45) is 0 Å². The third kappa shape index (κ3) is 3.23. The molecule has 1 aromatic heterocycles. The van der Waals surface area contributed by atoms with Crippen LogP contribution in [0.15, 0.2) is 18.3 Å². The van der Waals surface area contributed by atoms with E-state index in [1.54, 1.807) is 12.3 Å². The third-order valence-electron chi connectivity index (χ3n) is 3.07. The molecule has 1 saturated heterocycles. The fraction of sp³-hybridized carbons (Fsp3) is 0.583. The SMILES string of the molecule is Cc1ccc(OC2CCN(S(=O)(=O)N(C)C)C2)nc1. The van der Waals surface area contributed by atoms with Crippen molar-refractivity contribution in [2.75, 3.05) is 27.2 Å². The molecule has 0 spiro atoms. The van der Waals surface area contributed by atoms with Crippen LogP contribution in [0.4, 0.5) is 0 Å². The molecular formula is C12H19N3O3S. The summed E-state index contributed by atoms with van der Waals surface area (Å²) < 4.78 is 32.3. The van der Waals surface area contributed by atoms with Gasteiger partial charge in [0.1, 0.15) is 6.10 Å². The second-order valence-electron chi connectivity index (χ2n) is 4.85. The molecule has 1 unspecified atom stereocenters. The van der Waals surface area contributed by atoms with E-state index in [0.717, 1.165) is 5.56 Å². The zero-order valence-corrected chi connectivity index (χ0v) is 12.2. The zero-order valence-electron chi connectivity index (χ0n) is 11.4. The van der Waals surface area contributed by atoms with Gasteiger partial charge >= 0.3 is 0 Å². The van der Waals surface area contributed by atoms with Crippen LogP contribution in [0.2, 0.25) is 0 Å². The number of hydrogen-bond donors (Lipinski definition) is 0. The quantitative estimate of drug-likeness (QED) is 0.815. The van der Waals surface area contributed by atoms with Gasteiger partial charge in [-0.1, -0.05) is 6.07 Å². The maximum atomic E-state index is 12.0. The van der Waals surface area contributed by atoms with Crippen LogP contribution in [0.5, 0.6) is 5.88 Å². The van der Waals surface area contributed by atoms with E-state index in [0.29, 0.717) is 25.4 Å². The van der Waals surface area contributed by atoms with Crippen molar-refractivity contribution in [3.8, 4) is 5.88 Å². The molecule has 1 atom stereocenters. The summed E-state index contributed by atoms with van der Waals surface area (Å²) in [6, 6.07) is 3.73. The van der Waals surface area contributed by atoms with Crippen LogP contribution in [0.3, 0.4) is 0 Å². The lowest BCUT2D eigenvalue weighted by Gasteiger charge is -2.20. The summed E-state index contributed by atoms with van der Waals surface area (Å²) in [5, 5.41) is 0. The first-order chi connectivity index (χ1) is 8.89. The minimum atomic E-state index is -3.34. The highest BCUT2D eigenvalue weighted by atomic mass is 32.2. The molecule has 2 rings (SSSR count). The molecule has 0 N–H and O–H groups in total. The average Bonchev–Trinajstić information content (AvgIpc) is 2.81. The molecule has 106 valence electrons.